The predicted octanol–water partition coefficient (Wildman–Crippen LogP) is 3.52. The van der Waals surface area contributed by atoms with E-state index in [9.17, 15) is 14.0 Å². The molecule has 0 aromatic heterocycles. The Kier molecular flexibility index (Phi) is 5.68. The zero-order chi connectivity index (χ0) is 18.4. The molecule has 6 nitrogen and oxygen atoms in total. The Morgan fingerprint density at radius 3 is 2.31 bits per heavy atom. The van der Waals surface area contributed by atoms with Crippen LogP contribution in [0.15, 0.2) is 48.5 Å². The second kappa shape index (κ2) is 8.33. The van der Waals surface area contributed by atoms with Gasteiger partial charge in [-0.2, -0.15) is 0 Å². The van der Waals surface area contributed by atoms with Crippen LogP contribution in [0.5, 0.6) is 5.75 Å². The molecule has 0 unspecified atom stereocenters. The van der Waals surface area contributed by atoms with E-state index in [1.165, 1.54) is 12.1 Å². The lowest BCUT2D eigenvalue weighted by Gasteiger charge is -2.09. The molecule has 136 valence electrons. The first kappa shape index (κ1) is 17.7. The zero-order valence-electron chi connectivity index (χ0n) is 14.1. The molecule has 0 heterocycles. The highest BCUT2D eigenvalue weighted by Gasteiger charge is 2.23. The summed E-state index contributed by atoms with van der Waals surface area (Å²) in [7, 11) is 0. The number of hydrogen-bond acceptors (Lipinski definition) is 3. The van der Waals surface area contributed by atoms with Crippen LogP contribution in [0.3, 0.4) is 0 Å². The van der Waals surface area contributed by atoms with Crippen LogP contribution in [-0.2, 0) is 4.79 Å². The van der Waals surface area contributed by atoms with E-state index in [0.29, 0.717) is 17.4 Å². The first-order valence-corrected chi connectivity index (χ1v) is 8.45. The van der Waals surface area contributed by atoms with Gasteiger partial charge >= 0.3 is 6.03 Å². The van der Waals surface area contributed by atoms with E-state index in [4.69, 9.17) is 4.74 Å². The fourth-order valence-corrected chi connectivity index (χ4v) is 2.26. The zero-order valence-corrected chi connectivity index (χ0v) is 14.1. The smallest absolute Gasteiger partial charge is 0.319 e. The minimum Gasteiger partial charge on any atom is -0.490 e. The molecule has 3 N–H and O–H groups in total. The Hall–Kier alpha value is -3.09. The van der Waals surface area contributed by atoms with Crippen molar-refractivity contribution in [1.29, 1.82) is 0 Å². The topological polar surface area (TPSA) is 79.5 Å². The van der Waals surface area contributed by atoms with Crippen molar-refractivity contribution in [3.8, 4) is 5.75 Å². The third-order valence-corrected chi connectivity index (χ3v) is 3.76. The van der Waals surface area contributed by atoms with Crippen molar-refractivity contribution in [3.05, 3.63) is 54.3 Å². The lowest BCUT2D eigenvalue weighted by atomic mass is 10.2. The van der Waals surface area contributed by atoms with Crippen LogP contribution < -0.4 is 20.7 Å². The van der Waals surface area contributed by atoms with Gasteiger partial charge < -0.3 is 20.7 Å². The molecule has 2 aromatic carbocycles. The van der Waals surface area contributed by atoms with E-state index in [0.717, 1.165) is 12.8 Å². The molecule has 1 aliphatic carbocycles. The second-order valence-electron chi connectivity index (χ2n) is 6.03. The van der Waals surface area contributed by atoms with E-state index in [1.807, 2.05) is 0 Å². The first-order chi connectivity index (χ1) is 12.6. The van der Waals surface area contributed by atoms with Crippen molar-refractivity contribution < 1.29 is 18.7 Å². The summed E-state index contributed by atoms with van der Waals surface area (Å²) in [4.78, 5) is 23.6. The maximum atomic E-state index is 13.4. The summed E-state index contributed by atoms with van der Waals surface area (Å²) in [6, 6.07) is 12.9. The monoisotopic (exact) mass is 357 g/mol. The molecule has 1 saturated carbocycles. The third kappa shape index (κ3) is 5.47. The van der Waals surface area contributed by atoms with Crippen molar-refractivity contribution >= 4 is 23.3 Å². The highest BCUT2D eigenvalue weighted by molar-refractivity contribution is 5.92. The van der Waals surface area contributed by atoms with Gasteiger partial charge in [0.25, 0.3) is 0 Å². The molecule has 1 fully saturated rings. The summed E-state index contributed by atoms with van der Waals surface area (Å²) >= 11 is 0. The predicted molar refractivity (Wildman–Crippen MR) is 96.8 cm³/mol. The van der Waals surface area contributed by atoms with Gasteiger partial charge in [0, 0.05) is 17.4 Å². The van der Waals surface area contributed by atoms with Gasteiger partial charge in [-0.25, -0.2) is 9.18 Å². The van der Waals surface area contributed by atoms with Gasteiger partial charge in [-0.15, -0.1) is 0 Å². The molecule has 3 amide bonds. The molecule has 1 aliphatic rings. The molecule has 26 heavy (non-hydrogen) atoms. The molecule has 3 rings (SSSR count). The highest BCUT2D eigenvalue weighted by Crippen LogP contribution is 2.19. The van der Waals surface area contributed by atoms with E-state index in [2.05, 4.69) is 16.0 Å². The maximum Gasteiger partial charge on any atom is 0.319 e. The summed E-state index contributed by atoms with van der Waals surface area (Å²) in [5, 5.41) is 8.29. The van der Waals surface area contributed by atoms with Crippen LogP contribution in [0, 0.1) is 5.82 Å². The molecule has 0 aliphatic heterocycles. The molecule has 7 heteroatoms. The standard InChI is InChI=1S/C19H20FN3O3/c20-16-3-1-2-4-17(16)26-12-11-18(24)21-13-5-7-14(8-6-13)22-19(25)23-15-9-10-15/h1-8,15H,9-12H2,(H,21,24)(H2,22,23,25). The number of hydrogen-bond donors (Lipinski definition) is 3. The van der Waals surface area contributed by atoms with Crippen molar-refractivity contribution in [2.75, 3.05) is 17.2 Å². The first-order valence-electron chi connectivity index (χ1n) is 8.45. The molecular formula is C19H20FN3O3. The van der Waals surface area contributed by atoms with Gasteiger partial charge in [0.2, 0.25) is 5.91 Å². The minimum atomic E-state index is -0.457. The Balaban J connectivity index is 1.41. The normalized spacial score (nSPS) is 13.0. The Morgan fingerprint density at radius 2 is 1.65 bits per heavy atom. The number of ether oxygens (including phenoxy) is 1. The van der Waals surface area contributed by atoms with Crippen molar-refractivity contribution in [3.63, 3.8) is 0 Å². The molecule has 2 aromatic rings. The summed E-state index contributed by atoms with van der Waals surface area (Å²) in [6.07, 6.45) is 2.15. The van der Waals surface area contributed by atoms with E-state index < -0.39 is 5.82 Å². The number of para-hydroxylation sites is 1. The summed E-state index contributed by atoms with van der Waals surface area (Å²) in [5.74, 6) is -0.574. The van der Waals surface area contributed by atoms with Crippen molar-refractivity contribution in [2.45, 2.75) is 25.3 Å². The van der Waals surface area contributed by atoms with E-state index >= 15 is 0 Å². The van der Waals surface area contributed by atoms with Gasteiger partial charge in [-0.05, 0) is 49.2 Å². The number of benzene rings is 2. The van der Waals surface area contributed by atoms with Crippen LogP contribution in [0.2, 0.25) is 0 Å². The molecule has 0 spiro atoms. The largest absolute Gasteiger partial charge is 0.490 e. The molecule has 0 atom stereocenters. The summed E-state index contributed by atoms with van der Waals surface area (Å²) < 4.78 is 18.7. The Bertz CT molecular complexity index is 776. The average Bonchev–Trinajstić information content (AvgIpc) is 3.42. The number of halogens is 1. The summed E-state index contributed by atoms with van der Waals surface area (Å²) in [5.41, 5.74) is 1.25. The van der Waals surface area contributed by atoms with Crippen LogP contribution >= 0.6 is 0 Å². The third-order valence-electron chi connectivity index (χ3n) is 3.76. The molecule has 0 saturated heterocycles. The van der Waals surface area contributed by atoms with E-state index in [-0.39, 0.29) is 30.7 Å². The number of carbonyl (C=O) groups excluding carboxylic acids is 2. The number of amides is 3. The lowest BCUT2D eigenvalue weighted by Crippen LogP contribution is -2.30. The number of rotatable bonds is 7. The van der Waals surface area contributed by atoms with E-state index in [1.54, 1.807) is 36.4 Å². The number of nitrogens with one attached hydrogen (secondary N) is 3. The number of anilines is 2. The van der Waals surface area contributed by atoms with Crippen molar-refractivity contribution in [1.82, 2.24) is 5.32 Å². The van der Waals surface area contributed by atoms with Crippen LogP contribution in [0.4, 0.5) is 20.6 Å². The van der Waals surface area contributed by atoms with Gasteiger partial charge in [-0.3, -0.25) is 4.79 Å². The van der Waals surface area contributed by atoms with Gasteiger partial charge in [0.15, 0.2) is 11.6 Å². The Morgan fingerprint density at radius 1 is 1.00 bits per heavy atom. The van der Waals surface area contributed by atoms with Gasteiger partial charge in [-0.1, -0.05) is 12.1 Å². The molecule has 0 radical (unpaired) electrons. The average molecular weight is 357 g/mol. The number of carbonyl (C=O) groups is 2. The molecule has 0 bridgehead atoms. The minimum absolute atomic E-state index is 0.0771. The quantitative estimate of drug-likeness (QED) is 0.709. The number of urea groups is 1. The van der Waals surface area contributed by atoms with Gasteiger partial charge in [0.05, 0.1) is 13.0 Å². The Labute approximate surface area is 150 Å². The fourth-order valence-electron chi connectivity index (χ4n) is 2.26. The van der Waals surface area contributed by atoms with Crippen LogP contribution in [0.25, 0.3) is 0 Å². The maximum absolute atomic E-state index is 13.4. The van der Waals surface area contributed by atoms with Crippen molar-refractivity contribution in [2.24, 2.45) is 0 Å². The SMILES string of the molecule is O=C(CCOc1ccccc1F)Nc1ccc(NC(=O)NC2CC2)cc1. The van der Waals surface area contributed by atoms with Crippen LogP contribution in [-0.4, -0.2) is 24.6 Å². The highest BCUT2D eigenvalue weighted by atomic mass is 19.1. The van der Waals surface area contributed by atoms with Crippen LogP contribution in [0.1, 0.15) is 19.3 Å². The second-order valence-corrected chi connectivity index (χ2v) is 6.03. The fraction of sp³-hybridized carbons (Fsp3) is 0.263. The summed E-state index contributed by atoms with van der Waals surface area (Å²) in [6.45, 7) is 0.0771. The lowest BCUT2D eigenvalue weighted by molar-refractivity contribution is -0.116. The van der Waals surface area contributed by atoms with Gasteiger partial charge in [0.1, 0.15) is 0 Å². The molecular weight excluding hydrogens is 337 g/mol.